The van der Waals surface area contributed by atoms with Crippen molar-refractivity contribution in [2.45, 2.75) is 38.5 Å². The maximum absolute atomic E-state index is 12.1. The Hall–Kier alpha value is -1.41. The lowest BCUT2D eigenvalue weighted by Crippen LogP contribution is -2.39. The number of nitrogens with zero attached hydrogens (tertiary/aromatic N) is 2. The molecule has 1 saturated carbocycles. The van der Waals surface area contributed by atoms with E-state index in [9.17, 15) is 13.2 Å². The predicted molar refractivity (Wildman–Crippen MR) is 99.6 cm³/mol. The molecule has 1 fully saturated rings. The molecule has 132 valence electrons. The van der Waals surface area contributed by atoms with Crippen molar-refractivity contribution in [1.82, 2.24) is 5.43 Å². The Kier molecular flexibility index (Phi) is 6.79. The van der Waals surface area contributed by atoms with Gasteiger partial charge in [0.1, 0.15) is 6.54 Å². The highest BCUT2D eigenvalue weighted by Crippen LogP contribution is 2.20. The van der Waals surface area contributed by atoms with Crippen LogP contribution in [-0.4, -0.2) is 32.8 Å². The molecule has 0 atom stereocenters. The highest BCUT2D eigenvalue weighted by Gasteiger charge is 2.20. The van der Waals surface area contributed by atoms with Crippen molar-refractivity contribution >= 4 is 43.3 Å². The van der Waals surface area contributed by atoms with Crippen molar-refractivity contribution in [3.63, 3.8) is 0 Å². The number of amides is 1. The van der Waals surface area contributed by atoms with Crippen LogP contribution in [-0.2, 0) is 14.8 Å². The van der Waals surface area contributed by atoms with E-state index in [1.165, 1.54) is 12.8 Å². The molecule has 0 bridgehead atoms. The topological polar surface area (TPSA) is 78.8 Å². The van der Waals surface area contributed by atoms with Gasteiger partial charge in [-0.3, -0.25) is 9.10 Å². The van der Waals surface area contributed by atoms with Crippen LogP contribution in [0.2, 0.25) is 0 Å². The SMILES string of the molecule is CS(=O)(=O)N(CC(=O)NN=C1CCCCCC1)c1ccc(Br)cc1. The first-order valence-corrected chi connectivity index (χ1v) is 10.6. The lowest BCUT2D eigenvalue weighted by Gasteiger charge is -2.21. The number of halogens is 1. The van der Waals surface area contributed by atoms with Crippen molar-refractivity contribution in [3.05, 3.63) is 28.7 Å². The maximum Gasteiger partial charge on any atom is 0.260 e. The summed E-state index contributed by atoms with van der Waals surface area (Å²) < 4.78 is 25.9. The van der Waals surface area contributed by atoms with Gasteiger partial charge in [-0.05, 0) is 49.9 Å². The zero-order chi connectivity index (χ0) is 17.6. The number of anilines is 1. The van der Waals surface area contributed by atoms with E-state index in [4.69, 9.17) is 0 Å². The molecule has 0 unspecified atom stereocenters. The molecule has 0 saturated heterocycles. The summed E-state index contributed by atoms with van der Waals surface area (Å²) in [5.41, 5.74) is 3.92. The molecule has 1 aliphatic carbocycles. The van der Waals surface area contributed by atoms with Gasteiger partial charge in [-0.15, -0.1) is 0 Å². The molecule has 0 aromatic heterocycles. The van der Waals surface area contributed by atoms with E-state index in [0.29, 0.717) is 5.69 Å². The van der Waals surface area contributed by atoms with Gasteiger partial charge in [0.15, 0.2) is 0 Å². The molecule has 24 heavy (non-hydrogen) atoms. The van der Waals surface area contributed by atoms with Gasteiger partial charge in [0.05, 0.1) is 11.9 Å². The van der Waals surface area contributed by atoms with Crippen LogP contribution in [0.15, 0.2) is 33.8 Å². The number of carbonyl (C=O) groups excluding carboxylic acids is 1. The van der Waals surface area contributed by atoms with E-state index in [1.54, 1.807) is 24.3 Å². The van der Waals surface area contributed by atoms with Crippen molar-refractivity contribution in [2.24, 2.45) is 5.10 Å². The second-order valence-corrected chi connectivity index (χ2v) is 8.70. The molecule has 1 aromatic rings. The molecule has 1 amide bonds. The normalized spacial score (nSPS) is 15.5. The summed E-state index contributed by atoms with van der Waals surface area (Å²) in [5.74, 6) is -0.444. The van der Waals surface area contributed by atoms with Gasteiger partial charge in [-0.2, -0.15) is 5.10 Å². The third-order valence-corrected chi connectivity index (χ3v) is 5.49. The summed E-state index contributed by atoms with van der Waals surface area (Å²) in [6, 6.07) is 6.76. The van der Waals surface area contributed by atoms with Crippen molar-refractivity contribution in [3.8, 4) is 0 Å². The maximum atomic E-state index is 12.1. The molecule has 6 nitrogen and oxygen atoms in total. The van der Waals surface area contributed by atoms with Crippen molar-refractivity contribution in [1.29, 1.82) is 0 Å². The van der Waals surface area contributed by atoms with Crippen LogP contribution < -0.4 is 9.73 Å². The smallest absolute Gasteiger partial charge is 0.260 e. The lowest BCUT2D eigenvalue weighted by molar-refractivity contribution is -0.119. The predicted octanol–water partition coefficient (Wildman–Crippen LogP) is 3.04. The second-order valence-electron chi connectivity index (χ2n) is 5.87. The van der Waals surface area contributed by atoms with Crippen LogP contribution in [0.3, 0.4) is 0 Å². The Bertz CT molecular complexity index is 692. The third kappa shape index (κ3) is 5.90. The Morgan fingerprint density at radius 3 is 2.29 bits per heavy atom. The minimum atomic E-state index is -3.57. The first-order valence-electron chi connectivity index (χ1n) is 7.94. The molecule has 1 aromatic carbocycles. The van der Waals surface area contributed by atoms with Crippen molar-refractivity contribution in [2.75, 3.05) is 17.1 Å². The average Bonchev–Trinajstić information content (AvgIpc) is 2.79. The number of hydrogen-bond acceptors (Lipinski definition) is 4. The minimum Gasteiger partial charge on any atom is -0.271 e. The van der Waals surface area contributed by atoms with E-state index in [0.717, 1.165) is 46.4 Å². The number of sulfonamides is 1. The van der Waals surface area contributed by atoms with Gasteiger partial charge in [-0.1, -0.05) is 28.8 Å². The number of hydrogen-bond donors (Lipinski definition) is 1. The van der Waals surface area contributed by atoms with Gasteiger partial charge in [0.2, 0.25) is 10.0 Å². The summed E-state index contributed by atoms with van der Waals surface area (Å²) in [6.07, 6.45) is 7.42. The summed E-state index contributed by atoms with van der Waals surface area (Å²) in [4.78, 5) is 12.1. The van der Waals surface area contributed by atoms with Crippen molar-refractivity contribution < 1.29 is 13.2 Å². The quantitative estimate of drug-likeness (QED) is 0.592. The summed E-state index contributed by atoms with van der Waals surface area (Å²) in [7, 11) is -3.57. The first-order chi connectivity index (χ1) is 11.4. The van der Waals surface area contributed by atoms with Crippen LogP contribution in [0, 0.1) is 0 Å². The molecular formula is C16H22BrN3O3S. The second kappa shape index (κ2) is 8.62. The zero-order valence-corrected chi connectivity index (χ0v) is 16.1. The molecule has 8 heteroatoms. The van der Waals surface area contributed by atoms with Crippen LogP contribution in [0.5, 0.6) is 0 Å². The lowest BCUT2D eigenvalue weighted by atomic mass is 10.2. The van der Waals surface area contributed by atoms with Gasteiger partial charge < -0.3 is 0 Å². The molecule has 2 rings (SSSR count). The van der Waals surface area contributed by atoms with Crippen LogP contribution in [0.25, 0.3) is 0 Å². The Morgan fingerprint density at radius 2 is 1.75 bits per heavy atom. The standard InChI is InChI=1S/C16H22BrN3O3S/c1-24(22,23)20(15-10-8-13(17)9-11-15)12-16(21)19-18-14-6-4-2-3-5-7-14/h8-11H,2-7,12H2,1H3,(H,19,21). The Balaban J connectivity index is 2.05. The fourth-order valence-corrected chi connectivity index (χ4v) is 3.68. The number of nitrogens with one attached hydrogen (secondary N) is 1. The van der Waals surface area contributed by atoms with E-state index < -0.39 is 15.9 Å². The summed E-state index contributed by atoms with van der Waals surface area (Å²) >= 11 is 3.31. The fourth-order valence-electron chi connectivity index (χ4n) is 2.56. The largest absolute Gasteiger partial charge is 0.271 e. The molecule has 0 spiro atoms. The molecule has 0 radical (unpaired) electrons. The molecule has 0 heterocycles. The van der Waals surface area contributed by atoms with Gasteiger partial charge in [-0.25, -0.2) is 13.8 Å². The van der Waals surface area contributed by atoms with Gasteiger partial charge >= 0.3 is 0 Å². The van der Waals surface area contributed by atoms with E-state index >= 15 is 0 Å². The van der Waals surface area contributed by atoms with Crippen LogP contribution in [0.4, 0.5) is 5.69 Å². The number of hydrazone groups is 1. The fraction of sp³-hybridized carbons (Fsp3) is 0.500. The van der Waals surface area contributed by atoms with Gasteiger partial charge in [0, 0.05) is 10.2 Å². The van der Waals surface area contributed by atoms with Crippen LogP contribution in [0.1, 0.15) is 38.5 Å². The van der Waals surface area contributed by atoms with E-state index in [1.807, 2.05) is 0 Å². The first kappa shape index (κ1) is 18.9. The van der Waals surface area contributed by atoms with E-state index in [2.05, 4.69) is 26.5 Å². The third-order valence-electron chi connectivity index (χ3n) is 3.82. The number of benzene rings is 1. The monoisotopic (exact) mass is 415 g/mol. The number of carbonyl (C=O) groups is 1. The average molecular weight is 416 g/mol. The molecule has 1 N–H and O–H groups in total. The molecule has 0 aliphatic heterocycles. The molecular weight excluding hydrogens is 394 g/mol. The van der Waals surface area contributed by atoms with Gasteiger partial charge in [0.25, 0.3) is 5.91 Å². The highest BCUT2D eigenvalue weighted by atomic mass is 79.9. The summed E-state index contributed by atoms with van der Waals surface area (Å²) in [6.45, 7) is -0.294. The number of rotatable bonds is 5. The summed E-state index contributed by atoms with van der Waals surface area (Å²) in [5, 5.41) is 4.17. The highest BCUT2D eigenvalue weighted by molar-refractivity contribution is 9.10. The van der Waals surface area contributed by atoms with Crippen LogP contribution >= 0.6 is 15.9 Å². The zero-order valence-electron chi connectivity index (χ0n) is 13.7. The Labute approximate surface area is 151 Å². The van der Waals surface area contributed by atoms with E-state index in [-0.39, 0.29) is 6.54 Å². The minimum absolute atomic E-state index is 0.294. The Morgan fingerprint density at radius 1 is 1.17 bits per heavy atom. The molecule has 1 aliphatic rings.